The molecule has 0 aliphatic heterocycles. The van der Waals surface area contributed by atoms with Crippen molar-refractivity contribution in [3.63, 3.8) is 0 Å². The van der Waals surface area contributed by atoms with Gasteiger partial charge in [0.05, 0.1) is 0 Å². The van der Waals surface area contributed by atoms with Crippen LogP contribution in [0.1, 0.15) is 71.1 Å². The van der Waals surface area contributed by atoms with Crippen LogP contribution in [0.2, 0.25) is 0 Å². The van der Waals surface area contributed by atoms with Crippen LogP contribution in [0.25, 0.3) is 0 Å². The summed E-state index contributed by atoms with van der Waals surface area (Å²) in [7, 11) is 0. The van der Waals surface area contributed by atoms with Gasteiger partial charge in [-0.3, -0.25) is 0 Å². The average molecular weight is 304 g/mol. The zero-order valence-electron chi connectivity index (χ0n) is 14.1. The van der Waals surface area contributed by atoms with E-state index in [1.807, 2.05) is 0 Å². The molecule has 0 saturated heterocycles. The normalized spacial score (nSPS) is 34.8. The van der Waals surface area contributed by atoms with Crippen LogP contribution in [0.3, 0.4) is 0 Å². The Labute approximate surface area is 135 Å². The maximum atomic E-state index is 12.0. The van der Waals surface area contributed by atoms with Crippen molar-refractivity contribution in [3.8, 4) is 0 Å². The van der Waals surface area contributed by atoms with Gasteiger partial charge < -0.3 is 10.6 Å². The molecule has 1 spiro atoms. The van der Waals surface area contributed by atoms with Crippen molar-refractivity contribution in [1.82, 2.24) is 10.6 Å². The van der Waals surface area contributed by atoms with Crippen molar-refractivity contribution >= 4 is 6.03 Å². The summed E-state index contributed by atoms with van der Waals surface area (Å²) in [6, 6.07) is 0.0622. The Hall–Kier alpha value is -0.730. The summed E-state index contributed by atoms with van der Waals surface area (Å²) in [5.41, 5.74) is 1.07. The van der Waals surface area contributed by atoms with Crippen LogP contribution in [-0.2, 0) is 0 Å². The van der Waals surface area contributed by atoms with E-state index in [1.165, 1.54) is 64.2 Å². The van der Waals surface area contributed by atoms with Crippen LogP contribution in [0.15, 0.2) is 0 Å². The molecule has 4 aliphatic rings. The summed E-state index contributed by atoms with van der Waals surface area (Å²) in [6.07, 6.45) is 13.9. The molecule has 2 amide bonds. The van der Waals surface area contributed by atoms with Gasteiger partial charge in [0.25, 0.3) is 0 Å². The van der Waals surface area contributed by atoms with E-state index in [-0.39, 0.29) is 6.03 Å². The molecule has 0 aromatic heterocycles. The standard InChI is InChI=1S/C19H32N2O/c1-18(5-7-19(8-6-18)9-10-19)13-21-17(22)20-12-15-11-16(15)14-3-2-4-14/h14-16H,2-13H2,1H3,(H2,20,21,22)/t15-,16-/m0/s1. The predicted molar refractivity (Wildman–Crippen MR) is 88.6 cm³/mol. The van der Waals surface area contributed by atoms with E-state index in [4.69, 9.17) is 0 Å². The first kappa shape index (κ1) is 14.8. The van der Waals surface area contributed by atoms with Crippen molar-refractivity contribution in [1.29, 1.82) is 0 Å². The van der Waals surface area contributed by atoms with Gasteiger partial charge >= 0.3 is 6.03 Å². The number of nitrogens with one attached hydrogen (secondary N) is 2. The van der Waals surface area contributed by atoms with Crippen LogP contribution in [0, 0.1) is 28.6 Å². The van der Waals surface area contributed by atoms with Crippen LogP contribution in [0.5, 0.6) is 0 Å². The molecular formula is C19H32N2O. The molecule has 4 saturated carbocycles. The second kappa shape index (κ2) is 5.42. The molecular weight excluding hydrogens is 272 g/mol. The fraction of sp³-hybridized carbons (Fsp3) is 0.947. The molecule has 4 fully saturated rings. The van der Waals surface area contributed by atoms with Gasteiger partial charge in [-0.2, -0.15) is 0 Å². The lowest BCUT2D eigenvalue weighted by molar-refractivity contribution is 0.154. The Morgan fingerprint density at radius 3 is 2.32 bits per heavy atom. The number of hydrogen-bond acceptors (Lipinski definition) is 1. The molecule has 2 atom stereocenters. The predicted octanol–water partition coefficient (Wildman–Crippen LogP) is 4.08. The Morgan fingerprint density at radius 2 is 1.73 bits per heavy atom. The lowest BCUT2D eigenvalue weighted by Gasteiger charge is -2.37. The van der Waals surface area contributed by atoms with Gasteiger partial charge in [-0.15, -0.1) is 0 Å². The van der Waals surface area contributed by atoms with Gasteiger partial charge in [-0.1, -0.05) is 26.2 Å². The SMILES string of the molecule is CC1(CNC(=O)NC[C@@H]2C[C@H]2C2CCC2)CCC2(CC1)CC2. The molecule has 2 N–H and O–H groups in total. The second-order valence-corrected chi connectivity index (χ2v) is 9.22. The van der Waals surface area contributed by atoms with Crippen molar-refractivity contribution in [2.24, 2.45) is 28.6 Å². The largest absolute Gasteiger partial charge is 0.338 e. The first-order chi connectivity index (χ1) is 10.6. The Balaban J connectivity index is 1.12. The van der Waals surface area contributed by atoms with E-state index in [9.17, 15) is 4.79 Å². The third-order valence-corrected chi connectivity index (χ3v) is 7.41. The third kappa shape index (κ3) is 3.14. The molecule has 0 aromatic rings. The highest BCUT2D eigenvalue weighted by Gasteiger charge is 2.48. The van der Waals surface area contributed by atoms with Crippen molar-refractivity contribution in [2.45, 2.75) is 71.1 Å². The van der Waals surface area contributed by atoms with E-state index < -0.39 is 0 Å². The summed E-state index contributed by atoms with van der Waals surface area (Å²) in [5.74, 6) is 2.70. The highest BCUT2D eigenvalue weighted by molar-refractivity contribution is 5.73. The van der Waals surface area contributed by atoms with Crippen molar-refractivity contribution in [3.05, 3.63) is 0 Å². The van der Waals surface area contributed by atoms with Crippen molar-refractivity contribution < 1.29 is 4.79 Å². The second-order valence-electron chi connectivity index (χ2n) is 9.22. The van der Waals surface area contributed by atoms with Crippen LogP contribution < -0.4 is 10.6 Å². The van der Waals surface area contributed by atoms with Gasteiger partial charge in [0.2, 0.25) is 0 Å². The minimum absolute atomic E-state index is 0.0622. The quantitative estimate of drug-likeness (QED) is 0.789. The first-order valence-electron chi connectivity index (χ1n) is 9.59. The molecule has 0 unspecified atom stereocenters. The minimum atomic E-state index is 0.0622. The smallest absolute Gasteiger partial charge is 0.314 e. The fourth-order valence-electron chi connectivity index (χ4n) is 4.77. The Kier molecular flexibility index (Phi) is 3.65. The summed E-state index contributed by atoms with van der Waals surface area (Å²) in [4.78, 5) is 12.0. The van der Waals surface area contributed by atoms with E-state index in [0.29, 0.717) is 5.41 Å². The lowest BCUT2D eigenvalue weighted by atomic mass is 9.70. The van der Waals surface area contributed by atoms with E-state index in [1.54, 1.807) is 0 Å². The monoisotopic (exact) mass is 304 g/mol. The third-order valence-electron chi connectivity index (χ3n) is 7.41. The molecule has 22 heavy (non-hydrogen) atoms. The minimum Gasteiger partial charge on any atom is -0.338 e. The first-order valence-corrected chi connectivity index (χ1v) is 9.59. The van der Waals surface area contributed by atoms with Crippen LogP contribution >= 0.6 is 0 Å². The zero-order chi connectivity index (χ0) is 15.2. The van der Waals surface area contributed by atoms with Crippen LogP contribution in [0.4, 0.5) is 4.79 Å². The molecule has 3 nitrogen and oxygen atoms in total. The van der Waals surface area contributed by atoms with Gasteiger partial charge in [-0.05, 0) is 73.5 Å². The lowest BCUT2D eigenvalue weighted by Crippen LogP contribution is -2.43. The molecule has 4 aliphatic carbocycles. The summed E-state index contributed by atoms with van der Waals surface area (Å²) in [6.45, 7) is 4.11. The molecule has 0 aromatic carbocycles. The molecule has 0 bridgehead atoms. The number of hydrogen-bond donors (Lipinski definition) is 2. The summed E-state index contributed by atoms with van der Waals surface area (Å²) in [5, 5.41) is 6.26. The molecule has 0 heterocycles. The molecule has 0 radical (unpaired) electrons. The number of carbonyl (C=O) groups excluding carboxylic acids is 1. The Bertz CT molecular complexity index is 429. The average Bonchev–Trinajstić information content (AvgIpc) is 3.35. The Morgan fingerprint density at radius 1 is 1.05 bits per heavy atom. The van der Waals surface area contributed by atoms with Gasteiger partial charge in [0.1, 0.15) is 0 Å². The zero-order valence-corrected chi connectivity index (χ0v) is 14.1. The van der Waals surface area contributed by atoms with Gasteiger partial charge in [0.15, 0.2) is 0 Å². The number of carbonyl (C=O) groups is 1. The van der Waals surface area contributed by atoms with Crippen LogP contribution in [-0.4, -0.2) is 19.1 Å². The number of urea groups is 1. The number of amides is 2. The summed E-state index contributed by atoms with van der Waals surface area (Å²) >= 11 is 0. The maximum Gasteiger partial charge on any atom is 0.314 e. The van der Waals surface area contributed by atoms with E-state index in [0.717, 1.165) is 36.3 Å². The van der Waals surface area contributed by atoms with E-state index >= 15 is 0 Å². The number of rotatable bonds is 5. The highest BCUT2D eigenvalue weighted by Crippen LogP contribution is 2.59. The molecule has 3 heteroatoms. The van der Waals surface area contributed by atoms with Crippen molar-refractivity contribution in [2.75, 3.05) is 13.1 Å². The topological polar surface area (TPSA) is 41.1 Å². The highest BCUT2D eigenvalue weighted by atomic mass is 16.2. The van der Waals surface area contributed by atoms with E-state index in [2.05, 4.69) is 17.6 Å². The molecule has 124 valence electrons. The molecule has 4 rings (SSSR count). The summed E-state index contributed by atoms with van der Waals surface area (Å²) < 4.78 is 0. The van der Waals surface area contributed by atoms with Gasteiger partial charge in [-0.25, -0.2) is 4.79 Å². The maximum absolute atomic E-state index is 12.0. The fourth-order valence-corrected chi connectivity index (χ4v) is 4.77. The van der Waals surface area contributed by atoms with Gasteiger partial charge in [0, 0.05) is 13.1 Å².